The summed E-state index contributed by atoms with van der Waals surface area (Å²) in [6.45, 7) is 2.37. The molecule has 3 heteroatoms. The van der Waals surface area contributed by atoms with Crippen LogP contribution in [0.1, 0.15) is 5.56 Å². The fourth-order valence-electron chi connectivity index (χ4n) is 1.94. The van der Waals surface area contributed by atoms with Crippen LogP contribution in [0.25, 0.3) is 11.1 Å². The van der Waals surface area contributed by atoms with Gasteiger partial charge in [0.1, 0.15) is 0 Å². The van der Waals surface area contributed by atoms with Gasteiger partial charge in [0.25, 0.3) is 0 Å². The van der Waals surface area contributed by atoms with Crippen LogP contribution in [0, 0.1) is 6.92 Å². The van der Waals surface area contributed by atoms with Crippen LogP contribution >= 0.6 is 15.9 Å². The fraction of sp³-hybridized carbons (Fsp3) is 0.143. The largest absolute Gasteiger partial charge is 0.454 e. The Labute approximate surface area is 108 Å². The Morgan fingerprint density at radius 3 is 2.53 bits per heavy atom. The third-order valence-electron chi connectivity index (χ3n) is 2.83. The van der Waals surface area contributed by atoms with Crippen molar-refractivity contribution in [3.05, 3.63) is 46.4 Å². The zero-order chi connectivity index (χ0) is 11.8. The third kappa shape index (κ3) is 1.80. The Morgan fingerprint density at radius 1 is 1.00 bits per heavy atom. The lowest BCUT2D eigenvalue weighted by molar-refractivity contribution is 0.174. The van der Waals surface area contributed by atoms with Crippen LogP contribution in [0.15, 0.2) is 40.9 Å². The van der Waals surface area contributed by atoms with Crippen molar-refractivity contribution >= 4 is 15.9 Å². The Balaban J connectivity index is 2.20. The van der Waals surface area contributed by atoms with Gasteiger partial charge in [0.05, 0.1) is 0 Å². The van der Waals surface area contributed by atoms with E-state index in [1.54, 1.807) is 0 Å². The van der Waals surface area contributed by atoms with Crippen molar-refractivity contribution in [2.24, 2.45) is 0 Å². The van der Waals surface area contributed by atoms with E-state index in [-0.39, 0.29) is 0 Å². The van der Waals surface area contributed by atoms with Crippen LogP contribution in [-0.4, -0.2) is 6.79 Å². The molecule has 1 aliphatic rings. The highest BCUT2D eigenvalue weighted by Crippen LogP contribution is 2.45. The molecule has 2 nitrogen and oxygen atoms in total. The Kier molecular flexibility index (Phi) is 2.56. The maximum atomic E-state index is 5.54. The lowest BCUT2D eigenvalue weighted by Gasteiger charge is -2.09. The number of fused-ring (bicyclic) bond motifs is 1. The molecule has 0 aliphatic carbocycles. The maximum absolute atomic E-state index is 5.54. The first-order chi connectivity index (χ1) is 8.25. The average Bonchev–Trinajstić information content (AvgIpc) is 2.79. The van der Waals surface area contributed by atoms with Crippen molar-refractivity contribution in [2.45, 2.75) is 6.92 Å². The van der Waals surface area contributed by atoms with Gasteiger partial charge in [-0.1, -0.05) is 45.8 Å². The molecule has 1 aliphatic heterocycles. The van der Waals surface area contributed by atoms with Crippen LogP contribution in [0.3, 0.4) is 0 Å². The molecular weight excluding hydrogens is 280 g/mol. The van der Waals surface area contributed by atoms with Gasteiger partial charge in [-0.05, 0) is 24.6 Å². The van der Waals surface area contributed by atoms with E-state index in [4.69, 9.17) is 9.47 Å². The molecule has 0 amide bonds. The van der Waals surface area contributed by atoms with Crippen molar-refractivity contribution in [3.8, 4) is 22.6 Å². The van der Waals surface area contributed by atoms with Crippen LogP contribution in [0.5, 0.6) is 11.5 Å². The smallest absolute Gasteiger partial charge is 0.231 e. The number of benzene rings is 2. The second-order valence-corrected chi connectivity index (χ2v) is 4.88. The summed E-state index contributed by atoms with van der Waals surface area (Å²) in [6.07, 6.45) is 0. The molecule has 0 fully saturated rings. The molecule has 0 saturated heterocycles. The zero-order valence-corrected chi connectivity index (χ0v) is 11.0. The lowest BCUT2D eigenvalue weighted by atomic mass is 10.0. The molecule has 0 atom stereocenters. The SMILES string of the molecule is Cc1ccc(-c2c(Br)ccc3c2OCO3)cc1. The van der Waals surface area contributed by atoms with E-state index in [0.29, 0.717) is 6.79 Å². The van der Waals surface area contributed by atoms with Crippen molar-refractivity contribution in [2.75, 3.05) is 6.79 Å². The Hall–Kier alpha value is -1.48. The van der Waals surface area contributed by atoms with Gasteiger partial charge in [-0.2, -0.15) is 0 Å². The summed E-state index contributed by atoms with van der Waals surface area (Å²) >= 11 is 3.57. The highest BCUT2D eigenvalue weighted by molar-refractivity contribution is 9.10. The number of hydrogen-bond acceptors (Lipinski definition) is 2. The summed E-state index contributed by atoms with van der Waals surface area (Å²) in [5.74, 6) is 1.63. The number of halogens is 1. The molecule has 86 valence electrons. The molecule has 1 heterocycles. The molecule has 0 bridgehead atoms. The minimum atomic E-state index is 0.296. The summed E-state index contributed by atoms with van der Waals surface area (Å²) < 4.78 is 12.0. The first kappa shape index (κ1) is 10.7. The predicted octanol–water partition coefficient (Wildman–Crippen LogP) is 4.15. The number of aryl methyl sites for hydroxylation is 1. The maximum Gasteiger partial charge on any atom is 0.231 e. The van der Waals surface area contributed by atoms with Gasteiger partial charge in [-0.3, -0.25) is 0 Å². The van der Waals surface area contributed by atoms with E-state index >= 15 is 0 Å². The summed E-state index contributed by atoms with van der Waals surface area (Å²) in [5, 5.41) is 0. The molecule has 17 heavy (non-hydrogen) atoms. The first-order valence-corrected chi connectivity index (χ1v) is 6.20. The predicted molar refractivity (Wildman–Crippen MR) is 70.4 cm³/mol. The van der Waals surface area contributed by atoms with Gasteiger partial charge >= 0.3 is 0 Å². The Morgan fingerprint density at radius 2 is 1.76 bits per heavy atom. The molecule has 3 rings (SSSR count). The second-order valence-electron chi connectivity index (χ2n) is 4.02. The van der Waals surface area contributed by atoms with E-state index in [1.165, 1.54) is 5.56 Å². The summed E-state index contributed by atoms with van der Waals surface area (Å²) in [4.78, 5) is 0. The monoisotopic (exact) mass is 290 g/mol. The van der Waals surface area contributed by atoms with Crippen molar-refractivity contribution < 1.29 is 9.47 Å². The van der Waals surface area contributed by atoms with E-state index in [1.807, 2.05) is 12.1 Å². The number of rotatable bonds is 1. The van der Waals surface area contributed by atoms with Crippen LogP contribution in [-0.2, 0) is 0 Å². The third-order valence-corrected chi connectivity index (χ3v) is 3.49. The topological polar surface area (TPSA) is 18.5 Å². The highest BCUT2D eigenvalue weighted by Gasteiger charge is 2.20. The molecule has 2 aromatic carbocycles. The molecule has 0 N–H and O–H groups in total. The number of ether oxygens (including phenoxy) is 2. The minimum absolute atomic E-state index is 0.296. The molecular formula is C14H11BrO2. The normalized spacial score (nSPS) is 12.8. The minimum Gasteiger partial charge on any atom is -0.454 e. The van der Waals surface area contributed by atoms with Gasteiger partial charge in [-0.25, -0.2) is 0 Å². The fourth-order valence-corrected chi connectivity index (χ4v) is 2.48. The van der Waals surface area contributed by atoms with Gasteiger partial charge in [0.2, 0.25) is 6.79 Å². The molecule has 0 saturated carbocycles. The Bertz CT molecular complexity index is 561. The summed E-state index contributed by atoms with van der Waals surface area (Å²) in [7, 11) is 0. The van der Waals surface area contributed by atoms with Crippen LogP contribution < -0.4 is 9.47 Å². The van der Waals surface area contributed by atoms with Crippen molar-refractivity contribution in [3.63, 3.8) is 0 Å². The first-order valence-electron chi connectivity index (χ1n) is 5.41. The van der Waals surface area contributed by atoms with Gasteiger partial charge in [0, 0.05) is 10.0 Å². The van der Waals surface area contributed by atoms with Crippen molar-refractivity contribution in [1.82, 2.24) is 0 Å². The van der Waals surface area contributed by atoms with E-state index in [9.17, 15) is 0 Å². The van der Waals surface area contributed by atoms with Crippen LogP contribution in [0.4, 0.5) is 0 Å². The summed E-state index contributed by atoms with van der Waals surface area (Å²) in [6, 6.07) is 12.3. The lowest BCUT2D eigenvalue weighted by Crippen LogP contribution is -1.93. The van der Waals surface area contributed by atoms with Gasteiger partial charge < -0.3 is 9.47 Å². The van der Waals surface area contributed by atoms with Gasteiger partial charge in [0.15, 0.2) is 11.5 Å². The summed E-state index contributed by atoms with van der Waals surface area (Å²) in [5.41, 5.74) is 3.43. The average molecular weight is 291 g/mol. The number of hydrogen-bond donors (Lipinski definition) is 0. The van der Waals surface area contributed by atoms with Crippen LogP contribution in [0.2, 0.25) is 0 Å². The standard InChI is InChI=1S/C14H11BrO2/c1-9-2-4-10(5-3-9)13-11(15)6-7-12-14(13)17-8-16-12/h2-7H,8H2,1H3. The van der Waals surface area contributed by atoms with Crippen molar-refractivity contribution in [1.29, 1.82) is 0 Å². The molecule has 0 aromatic heterocycles. The molecule has 2 aromatic rings. The molecule has 0 spiro atoms. The quantitative estimate of drug-likeness (QED) is 0.785. The molecule has 0 radical (unpaired) electrons. The second kappa shape index (κ2) is 4.08. The van der Waals surface area contributed by atoms with E-state index < -0.39 is 0 Å². The van der Waals surface area contributed by atoms with E-state index in [2.05, 4.69) is 47.1 Å². The van der Waals surface area contributed by atoms with E-state index in [0.717, 1.165) is 27.1 Å². The molecule has 0 unspecified atom stereocenters. The highest BCUT2D eigenvalue weighted by atomic mass is 79.9. The zero-order valence-electron chi connectivity index (χ0n) is 9.37. The van der Waals surface area contributed by atoms with Gasteiger partial charge in [-0.15, -0.1) is 0 Å².